The largest absolute Gasteiger partial charge is 0.748 e. The highest BCUT2D eigenvalue weighted by atomic mass is 35.5. The molecule has 10 nitrogen and oxygen atoms in total. The Morgan fingerprint density at radius 2 is 1.94 bits per heavy atom. The van der Waals surface area contributed by atoms with Gasteiger partial charge in [0.2, 0.25) is 5.95 Å². The molecule has 0 unspecified atom stereocenters. The molecule has 3 N–H and O–H groups in total. The van der Waals surface area contributed by atoms with Crippen LogP contribution in [0.25, 0.3) is 0 Å². The molecule has 33 heavy (non-hydrogen) atoms. The summed E-state index contributed by atoms with van der Waals surface area (Å²) in [5.74, 6) is 1.15. The smallest absolute Gasteiger partial charge is 0.229 e. The number of nitrogens with zero attached hydrogens (tertiary/aromatic N) is 3. The van der Waals surface area contributed by atoms with E-state index < -0.39 is 10.1 Å². The molecule has 3 heterocycles. The SMILES string of the molecule is CS(=O)(=O)[O-].C[NH+]1CCN(c2ccc(Nc3ncc(Cl)c(NC[C@H]4CCCO4)n3)cc2)CC1. The van der Waals surface area contributed by atoms with Crippen molar-refractivity contribution in [1.82, 2.24) is 9.97 Å². The highest BCUT2D eigenvalue weighted by molar-refractivity contribution is 7.84. The predicted molar refractivity (Wildman–Crippen MR) is 129 cm³/mol. The van der Waals surface area contributed by atoms with Gasteiger partial charge in [-0.2, -0.15) is 4.98 Å². The van der Waals surface area contributed by atoms with Gasteiger partial charge in [0.25, 0.3) is 0 Å². The number of benzene rings is 1. The van der Waals surface area contributed by atoms with E-state index in [9.17, 15) is 0 Å². The summed E-state index contributed by atoms with van der Waals surface area (Å²) in [6, 6.07) is 8.43. The lowest BCUT2D eigenvalue weighted by Crippen LogP contribution is -3.12. The molecule has 2 aromatic rings. The Bertz CT molecular complexity index is 986. The van der Waals surface area contributed by atoms with Gasteiger partial charge in [-0.25, -0.2) is 13.4 Å². The molecule has 4 rings (SSSR count). The van der Waals surface area contributed by atoms with Crippen LogP contribution in [0.1, 0.15) is 12.8 Å². The Labute approximate surface area is 200 Å². The lowest BCUT2D eigenvalue weighted by molar-refractivity contribution is -0.880. The van der Waals surface area contributed by atoms with Crippen molar-refractivity contribution in [2.45, 2.75) is 18.9 Å². The lowest BCUT2D eigenvalue weighted by Gasteiger charge is -2.31. The van der Waals surface area contributed by atoms with Crippen LogP contribution in [0.3, 0.4) is 0 Å². The second-order valence-corrected chi connectivity index (χ2v) is 10.0. The van der Waals surface area contributed by atoms with Crippen LogP contribution in [0.15, 0.2) is 30.5 Å². The molecule has 0 saturated carbocycles. The number of halogens is 1. The normalized spacial score (nSPS) is 19.0. The second-order valence-electron chi connectivity index (χ2n) is 8.23. The van der Waals surface area contributed by atoms with Crippen LogP contribution in [0, 0.1) is 0 Å². The van der Waals surface area contributed by atoms with Gasteiger partial charge in [-0.1, -0.05) is 11.6 Å². The molecular weight excluding hydrogens is 468 g/mol. The van der Waals surface area contributed by atoms with Crippen LogP contribution in [-0.2, 0) is 14.9 Å². The van der Waals surface area contributed by atoms with Crippen molar-refractivity contribution < 1.29 is 22.6 Å². The lowest BCUT2D eigenvalue weighted by atomic mass is 10.2. The molecule has 0 spiro atoms. The zero-order valence-electron chi connectivity index (χ0n) is 18.9. The van der Waals surface area contributed by atoms with E-state index in [1.807, 2.05) is 0 Å². The molecular formula is C21H31ClN6O4S. The van der Waals surface area contributed by atoms with Crippen molar-refractivity contribution in [3.8, 4) is 0 Å². The Morgan fingerprint density at radius 3 is 2.55 bits per heavy atom. The van der Waals surface area contributed by atoms with Crippen molar-refractivity contribution in [3.05, 3.63) is 35.5 Å². The fourth-order valence-electron chi connectivity index (χ4n) is 3.60. The Balaban J connectivity index is 0.000000555. The van der Waals surface area contributed by atoms with Gasteiger partial charge in [0, 0.05) is 30.8 Å². The quantitative estimate of drug-likeness (QED) is 0.499. The number of hydrogen-bond acceptors (Lipinski definition) is 9. The standard InChI is InChI=1S/C20H27ClN6O.CH4O3S/c1-26-8-10-27(11-9-26)16-6-4-15(5-7-16)24-20-23-14-18(21)19(25-20)22-13-17-3-2-12-28-17;1-5(2,3)4/h4-7,14,17H,2-3,8-13H2,1H3,(H2,22,23,24,25);1H3,(H,2,3,4)/t17-;/m1./s1. The molecule has 182 valence electrons. The second kappa shape index (κ2) is 11.8. The Morgan fingerprint density at radius 1 is 1.27 bits per heavy atom. The molecule has 1 aromatic carbocycles. The summed E-state index contributed by atoms with van der Waals surface area (Å²) in [6.45, 7) is 6.09. The number of piperazine rings is 1. The van der Waals surface area contributed by atoms with Crippen LogP contribution >= 0.6 is 11.6 Å². The highest BCUT2D eigenvalue weighted by Gasteiger charge is 2.17. The molecule has 2 saturated heterocycles. The fourth-order valence-corrected chi connectivity index (χ4v) is 3.76. The van der Waals surface area contributed by atoms with Crippen LogP contribution < -0.4 is 20.4 Å². The third-order valence-corrected chi connectivity index (χ3v) is 5.65. The van der Waals surface area contributed by atoms with Crippen molar-refractivity contribution in [2.75, 3.05) is 68.2 Å². The molecule has 0 amide bonds. The zero-order valence-corrected chi connectivity index (χ0v) is 20.5. The topological polar surface area (TPSA) is 124 Å². The summed E-state index contributed by atoms with van der Waals surface area (Å²) in [4.78, 5) is 12.8. The van der Waals surface area contributed by atoms with Gasteiger partial charge in [-0.05, 0) is 37.1 Å². The highest BCUT2D eigenvalue weighted by Crippen LogP contribution is 2.24. The molecule has 2 fully saturated rings. The number of rotatable bonds is 6. The number of ether oxygens (including phenoxy) is 1. The van der Waals surface area contributed by atoms with Crippen molar-refractivity contribution >= 4 is 44.9 Å². The maximum absolute atomic E-state index is 9.08. The molecule has 0 bridgehead atoms. The van der Waals surface area contributed by atoms with Gasteiger partial charge >= 0.3 is 0 Å². The third-order valence-electron chi connectivity index (χ3n) is 5.37. The molecule has 1 atom stereocenters. The summed E-state index contributed by atoms with van der Waals surface area (Å²) in [7, 11) is -1.67. The summed E-state index contributed by atoms with van der Waals surface area (Å²) in [6.07, 6.45) is 4.64. The Kier molecular flexibility index (Phi) is 9.10. The average molecular weight is 499 g/mol. The van der Waals surface area contributed by atoms with Crippen molar-refractivity contribution in [3.63, 3.8) is 0 Å². The van der Waals surface area contributed by atoms with Crippen LogP contribution in [-0.4, -0.2) is 81.7 Å². The van der Waals surface area contributed by atoms with Gasteiger partial charge in [0.05, 0.1) is 55.6 Å². The predicted octanol–water partition coefficient (Wildman–Crippen LogP) is 0.961. The van der Waals surface area contributed by atoms with Crippen molar-refractivity contribution in [1.29, 1.82) is 0 Å². The van der Waals surface area contributed by atoms with Crippen LogP contribution in [0.2, 0.25) is 5.02 Å². The molecule has 2 aliphatic rings. The van der Waals surface area contributed by atoms with Gasteiger partial charge in [-0.3, -0.25) is 0 Å². The van der Waals surface area contributed by atoms with E-state index in [0.29, 0.717) is 29.6 Å². The number of hydrogen-bond donors (Lipinski definition) is 3. The number of quaternary nitrogens is 1. The van der Waals surface area contributed by atoms with Gasteiger partial charge < -0.3 is 29.7 Å². The first-order valence-corrected chi connectivity index (χ1v) is 13.1. The maximum atomic E-state index is 9.08. The van der Waals surface area contributed by atoms with E-state index in [0.717, 1.165) is 38.2 Å². The Hall–Kier alpha value is -2.18. The minimum absolute atomic E-state index is 0.228. The molecule has 2 aliphatic heterocycles. The van der Waals surface area contributed by atoms with E-state index in [2.05, 4.69) is 56.8 Å². The van der Waals surface area contributed by atoms with Gasteiger partial charge in [-0.15, -0.1) is 0 Å². The van der Waals surface area contributed by atoms with E-state index in [1.165, 1.54) is 18.8 Å². The van der Waals surface area contributed by atoms with Crippen molar-refractivity contribution in [2.24, 2.45) is 0 Å². The van der Waals surface area contributed by atoms with E-state index in [1.54, 1.807) is 11.1 Å². The maximum Gasteiger partial charge on any atom is 0.229 e. The monoisotopic (exact) mass is 498 g/mol. The van der Waals surface area contributed by atoms with E-state index in [4.69, 9.17) is 29.3 Å². The number of aromatic nitrogens is 2. The summed E-state index contributed by atoms with van der Waals surface area (Å²) in [5.41, 5.74) is 2.21. The van der Waals surface area contributed by atoms with Gasteiger partial charge in [0.1, 0.15) is 5.02 Å². The number of likely N-dealkylation sites (N-methyl/N-ethyl adjacent to an activating group) is 1. The minimum atomic E-state index is -3.92. The average Bonchev–Trinajstić information content (AvgIpc) is 3.28. The molecule has 1 aromatic heterocycles. The van der Waals surface area contributed by atoms with Gasteiger partial charge in [0.15, 0.2) is 5.82 Å². The third kappa shape index (κ3) is 8.94. The summed E-state index contributed by atoms with van der Waals surface area (Å²) < 4.78 is 32.9. The molecule has 0 radical (unpaired) electrons. The molecule has 0 aliphatic carbocycles. The van der Waals surface area contributed by atoms with E-state index in [-0.39, 0.29) is 6.10 Å². The fraction of sp³-hybridized carbons (Fsp3) is 0.524. The first-order chi connectivity index (χ1) is 15.7. The number of anilines is 4. The van der Waals surface area contributed by atoms with E-state index >= 15 is 0 Å². The first kappa shape index (κ1) is 25.4. The minimum Gasteiger partial charge on any atom is -0.748 e. The summed E-state index contributed by atoms with van der Waals surface area (Å²) in [5, 5.41) is 7.05. The van der Waals surface area contributed by atoms with Crippen LogP contribution in [0.5, 0.6) is 0 Å². The first-order valence-electron chi connectivity index (χ1n) is 10.9. The zero-order chi connectivity index (χ0) is 23.8. The molecule has 12 heteroatoms. The number of nitrogens with one attached hydrogen (secondary N) is 3. The summed E-state index contributed by atoms with van der Waals surface area (Å²) >= 11 is 6.24. The van der Waals surface area contributed by atoms with Crippen LogP contribution in [0.4, 0.5) is 23.1 Å².